The molecule has 1 aromatic rings. The second kappa shape index (κ2) is 2.42. The lowest BCUT2D eigenvalue weighted by Gasteiger charge is -2.33. The lowest BCUT2D eigenvalue weighted by molar-refractivity contribution is 0.639. The minimum absolute atomic E-state index is 0.384. The van der Waals surface area contributed by atoms with E-state index in [4.69, 9.17) is 0 Å². The van der Waals surface area contributed by atoms with Crippen LogP contribution in [0.5, 0.6) is 0 Å². The Hall–Kier alpha value is -1.64. The minimum atomic E-state index is 0.384. The van der Waals surface area contributed by atoms with Gasteiger partial charge in [-0.3, -0.25) is 0 Å². The fourth-order valence-corrected chi connectivity index (χ4v) is 1.88. The zero-order chi connectivity index (χ0) is 8.67. The normalized spacial score (nSPS) is 23.1. The number of anilines is 2. The first-order chi connectivity index (χ1) is 6.45. The molecule has 2 heterocycles. The van der Waals surface area contributed by atoms with Crippen LogP contribution in [0, 0.1) is 0 Å². The fourth-order valence-electron chi connectivity index (χ4n) is 1.88. The third-order valence-electron chi connectivity index (χ3n) is 2.53. The molecule has 1 aromatic carbocycles. The standard InChI is InChI=1S/C10H11N3/c1-2-4-9-8(3-1)12-7-10-11-5-6-13(9)10/h1-6,10-12H,7H2. The quantitative estimate of drug-likeness (QED) is 0.619. The third kappa shape index (κ3) is 0.900. The Morgan fingerprint density at radius 1 is 1.31 bits per heavy atom. The molecule has 0 aromatic heterocycles. The molecule has 2 aliphatic heterocycles. The Balaban J connectivity index is 2.10. The van der Waals surface area contributed by atoms with E-state index in [1.807, 2.05) is 6.20 Å². The zero-order valence-corrected chi connectivity index (χ0v) is 7.20. The Kier molecular flexibility index (Phi) is 1.27. The van der Waals surface area contributed by atoms with Crippen LogP contribution in [0.25, 0.3) is 0 Å². The number of nitrogens with zero attached hydrogens (tertiary/aromatic N) is 1. The number of nitrogens with one attached hydrogen (secondary N) is 2. The molecule has 3 heteroatoms. The number of rotatable bonds is 0. The maximum Gasteiger partial charge on any atom is 0.120 e. The van der Waals surface area contributed by atoms with Crippen molar-refractivity contribution in [3.05, 3.63) is 36.7 Å². The maximum atomic E-state index is 3.39. The van der Waals surface area contributed by atoms with Gasteiger partial charge in [0.15, 0.2) is 0 Å². The summed E-state index contributed by atoms with van der Waals surface area (Å²) in [4.78, 5) is 2.26. The lowest BCUT2D eigenvalue weighted by Crippen LogP contribution is -2.44. The number of hydrogen-bond acceptors (Lipinski definition) is 3. The maximum absolute atomic E-state index is 3.39. The van der Waals surface area contributed by atoms with Crippen molar-refractivity contribution in [3.63, 3.8) is 0 Å². The fraction of sp³-hybridized carbons (Fsp3) is 0.200. The van der Waals surface area contributed by atoms with E-state index in [0.29, 0.717) is 6.17 Å². The summed E-state index contributed by atoms with van der Waals surface area (Å²) in [6, 6.07) is 8.36. The minimum Gasteiger partial charge on any atom is -0.379 e. The molecule has 66 valence electrons. The van der Waals surface area contributed by atoms with E-state index in [1.54, 1.807) is 0 Å². The molecule has 0 fully saturated rings. The van der Waals surface area contributed by atoms with Crippen LogP contribution in [0.1, 0.15) is 0 Å². The topological polar surface area (TPSA) is 27.3 Å². The summed E-state index contributed by atoms with van der Waals surface area (Å²) in [5.74, 6) is 0. The van der Waals surface area contributed by atoms with Gasteiger partial charge in [0, 0.05) is 12.4 Å². The summed E-state index contributed by atoms with van der Waals surface area (Å²) < 4.78 is 0. The largest absolute Gasteiger partial charge is 0.379 e. The third-order valence-corrected chi connectivity index (χ3v) is 2.53. The van der Waals surface area contributed by atoms with Crippen molar-refractivity contribution in [2.45, 2.75) is 6.17 Å². The Labute approximate surface area is 77.0 Å². The summed E-state index contributed by atoms with van der Waals surface area (Å²) >= 11 is 0. The van der Waals surface area contributed by atoms with E-state index in [2.05, 4.69) is 46.0 Å². The van der Waals surface area contributed by atoms with Crippen molar-refractivity contribution in [2.75, 3.05) is 16.8 Å². The first-order valence-corrected chi connectivity index (χ1v) is 4.49. The van der Waals surface area contributed by atoms with Gasteiger partial charge in [0.1, 0.15) is 6.17 Å². The second-order valence-electron chi connectivity index (χ2n) is 3.30. The van der Waals surface area contributed by atoms with Crippen molar-refractivity contribution in [3.8, 4) is 0 Å². The van der Waals surface area contributed by atoms with Crippen LogP contribution in [-0.2, 0) is 0 Å². The summed E-state index contributed by atoms with van der Waals surface area (Å²) in [5.41, 5.74) is 2.46. The zero-order valence-electron chi connectivity index (χ0n) is 7.20. The van der Waals surface area contributed by atoms with Crippen LogP contribution in [0.15, 0.2) is 36.7 Å². The monoisotopic (exact) mass is 173 g/mol. The molecule has 0 saturated carbocycles. The molecule has 2 N–H and O–H groups in total. The summed E-state index contributed by atoms with van der Waals surface area (Å²) in [5, 5.41) is 6.67. The van der Waals surface area contributed by atoms with Gasteiger partial charge in [-0.1, -0.05) is 12.1 Å². The molecule has 1 unspecified atom stereocenters. The average molecular weight is 173 g/mol. The van der Waals surface area contributed by atoms with Crippen LogP contribution >= 0.6 is 0 Å². The van der Waals surface area contributed by atoms with Crippen LogP contribution in [-0.4, -0.2) is 12.7 Å². The highest BCUT2D eigenvalue weighted by molar-refractivity contribution is 5.74. The van der Waals surface area contributed by atoms with Crippen LogP contribution in [0.3, 0.4) is 0 Å². The van der Waals surface area contributed by atoms with E-state index in [0.717, 1.165) is 6.54 Å². The highest BCUT2D eigenvalue weighted by Crippen LogP contribution is 2.31. The van der Waals surface area contributed by atoms with Gasteiger partial charge in [-0.25, -0.2) is 0 Å². The number of hydrogen-bond donors (Lipinski definition) is 2. The van der Waals surface area contributed by atoms with Crippen molar-refractivity contribution in [1.82, 2.24) is 5.32 Å². The first-order valence-electron chi connectivity index (χ1n) is 4.49. The first kappa shape index (κ1) is 6.83. The van der Waals surface area contributed by atoms with E-state index < -0.39 is 0 Å². The Morgan fingerprint density at radius 2 is 2.23 bits per heavy atom. The Morgan fingerprint density at radius 3 is 3.23 bits per heavy atom. The molecule has 0 bridgehead atoms. The highest BCUT2D eigenvalue weighted by atomic mass is 15.3. The summed E-state index contributed by atoms with van der Waals surface area (Å²) in [6.07, 6.45) is 4.47. The molecule has 13 heavy (non-hydrogen) atoms. The van der Waals surface area contributed by atoms with Gasteiger partial charge in [0.25, 0.3) is 0 Å². The van der Waals surface area contributed by atoms with Crippen molar-refractivity contribution in [1.29, 1.82) is 0 Å². The summed E-state index contributed by atoms with van der Waals surface area (Å²) in [6.45, 7) is 0.948. The second-order valence-corrected chi connectivity index (χ2v) is 3.30. The van der Waals surface area contributed by atoms with Crippen LogP contribution < -0.4 is 15.5 Å². The predicted octanol–water partition coefficient (Wildman–Crippen LogP) is 1.32. The predicted molar refractivity (Wildman–Crippen MR) is 53.5 cm³/mol. The van der Waals surface area contributed by atoms with Gasteiger partial charge in [0.05, 0.1) is 17.9 Å². The molecular weight excluding hydrogens is 162 g/mol. The molecule has 3 nitrogen and oxygen atoms in total. The molecule has 3 rings (SSSR count). The van der Waals surface area contributed by atoms with Crippen molar-refractivity contribution >= 4 is 11.4 Å². The van der Waals surface area contributed by atoms with Gasteiger partial charge in [-0.15, -0.1) is 0 Å². The van der Waals surface area contributed by atoms with Gasteiger partial charge in [-0.05, 0) is 12.1 Å². The van der Waals surface area contributed by atoms with Gasteiger partial charge < -0.3 is 15.5 Å². The van der Waals surface area contributed by atoms with Gasteiger partial charge in [-0.2, -0.15) is 0 Å². The highest BCUT2D eigenvalue weighted by Gasteiger charge is 2.25. The van der Waals surface area contributed by atoms with Gasteiger partial charge in [0.2, 0.25) is 0 Å². The average Bonchev–Trinajstić information content (AvgIpc) is 2.65. The van der Waals surface area contributed by atoms with E-state index in [-0.39, 0.29) is 0 Å². The molecule has 0 aliphatic carbocycles. The molecular formula is C10H11N3. The smallest absolute Gasteiger partial charge is 0.120 e. The number of benzene rings is 1. The van der Waals surface area contributed by atoms with Crippen molar-refractivity contribution in [2.24, 2.45) is 0 Å². The van der Waals surface area contributed by atoms with Crippen molar-refractivity contribution < 1.29 is 0 Å². The molecule has 1 atom stereocenters. The lowest BCUT2D eigenvalue weighted by atomic mass is 10.2. The van der Waals surface area contributed by atoms with Crippen LogP contribution in [0.4, 0.5) is 11.4 Å². The van der Waals surface area contributed by atoms with E-state index in [1.165, 1.54) is 11.4 Å². The summed E-state index contributed by atoms with van der Waals surface area (Å²) in [7, 11) is 0. The Bertz CT molecular complexity index is 359. The van der Waals surface area contributed by atoms with E-state index in [9.17, 15) is 0 Å². The SMILES string of the molecule is C1=CN2c3ccccc3NCC2N1. The van der Waals surface area contributed by atoms with Crippen LogP contribution in [0.2, 0.25) is 0 Å². The molecule has 0 saturated heterocycles. The molecule has 0 radical (unpaired) electrons. The number of para-hydroxylation sites is 2. The molecule has 0 amide bonds. The van der Waals surface area contributed by atoms with Gasteiger partial charge >= 0.3 is 0 Å². The van der Waals surface area contributed by atoms with E-state index >= 15 is 0 Å². The molecule has 0 spiro atoms. The molecule has 2 aliphatic rings. The number of fused-ring (bicyclic) bond motifs is 3.